The molecule has 0 spiro atoms. The Kier molecular flexibility index (Phi) is 6.55. The van der Waals surface area contributed by atoms with Crippen molar-refractivity contribution < 1.29 is 14.5 Å². The van der Waals surface area contributed by atoms with Crippen LogP contribution in [0.3, 0.4) is 0 Å². The number of anilines is 1. The lowest BCUT2D eigenvalue weighted by molar-refractivity contribution is -0.384. The van der Waals surface area contributed by atoms with Crippen molar-refractivity contribution in [3.05, 3.63) is 106 Å². The molecule has 0 aliphatic rings. The van der Waals surface area contributed by atoms with Crippen LogP contribution in [0.15, 0.2) is 79.4 Å². The van der Waals surface area contributed by atoms with E-state index in [1.807, 2.05) is 24.3 Å². The minimum Gasteiger partial charge on any atom is -0.489 e. The van der Waals surface area contributed by atoms with E-state index in [-0.39, 0.29) is 23.5 Å². The Labute approximate surface area is 194 Å². The van der Waals surface area contributed by atoms with Crippen LogP contribution in [0.2, 0.25) is 0 Å². The Morgan fingerprint density at radius 3 is 2.65 bits per heavy atom. The summed E-state index contributed by atoms with van der Waals surface area (Å²) in [6.45, 7) is 0.194. The Balaban J connectivity index is 1.50. The van der Waals surface area contributed by atoms with E-state index in [1.165, 1.54) is 35.5 Å². The molecule has 0 atom stereocenters. The molecule has 0 radical (unpaired) electrons. The maximum absolute atomic E-state index is 12.9. The van der Waals surface area contributed by atoms with Gasteiger partial charge in [-0.1, -0.05) is 30.3 Å². The van der Waals surface area contributed by atoms with Gasteiger partial charge in [0.1, 0.15) is 30.7 Å². The first-order chi connectivity index (χ1) is 16.5. The molecule has 4 aromatic rings. The number of amides is 1. The monoisotopic (exact) mass is 454 g/mol. The fraction of sp³-hybridized carbons (Fsp3) is 0.0833. The minimum atomic E-state index is -0.572. The Morgan fingerprint density at radius 1 is 1.15 bits per heavy atom. The third kappa shape index (κ3) is 5.05. The first-order valence-electron chi connectivity index (χ1n) is 10.2. The minimum absolute atomic E-state index is 0.124. The molecule has 1 N–H and O–H groups in total. The standard InChI is InChI=1S/C24H18N6O4/c25-12-11-17-5-8-20(9-6-17)34-14-19-3-1-2-4-21(19)28-24(31)18-7-10-22(23(13-18)30(32)33)29-16-26-15-27-29/h1-10,13,15-16H,11,14H2,(H,28,31). The zero-order valence-electron chi connectivity index (χ0n) is 17.8. The lowest BCUT2D eigenvalue weighted by atomic mass is 10.1. The summed E-state index contributed by atoms with van der Waals surface area (Å²) in [4.78, 5) is 27.7. The maximum Gasteiger partial charge on any atom is 0.295 e. The third-order valence-electron chi connectivity index (χ3n) is 4.97. The van der Waals surface area contributed by atoms with E-state index in [0.717, 1.165) is 11.1 Å². The van der Waals surface area contributed by atoms with Gasteiger partial charge in [-0.3, -0.25) is 14.9 Å². The lowest BCUT2D eigenvalue weighted by Crippen LogP contribution is -2.14. The number of nitrogens with zero attached hydrogens (tertiary/aromatic N) is 5. The van der Waals surface area contributed by atoms with Crippen molar-refractivity contribution >= 4 is 17.3 Å². The quantitative estimate of drug-likeness (QED) is 0.313. The van der Waals surface area contributed by atoms with Crippen LogP contribution in [-0.4, -0.2) is 25.6 Å². The van der Waals surface area contributed by atoms with Crippen LogP contribution in [0.4, 0.5) is 11.4 Å². The highest BCUT2D eigenvalue weighted by molar-refractivity contribution is 6.05. The van der Waals surface area contributed by atoms with Crippen LogP contribution in [-0.2, 0) is 13.0 Å². The van der Waals surface area contributed by atoms with E-state index >= 15 is 0 Å². The van der Waals surface area contributed by atoms with Gasteiger partial charge in [-0.05, 0) is 35.9 Å². The van der Waals surface area contributed by atoms with Gasteiger partial charge in [-0.15, -0.1) is 0 Å². The molecule has 0 aliphatic heterocycles. The van der Waals surface area contributed by atoms with Crippen LogP contribution in [0.5, 0.6) is 5.75 Å². The van der Waals surface area contributed by atoms with Crippen LogP contribution < -0.4 is 10.1 Å². The first-order valence-corrected chi connectivity index (χ1v) is 10.2. The zero-order valence-corrected chi connectivity index (χ0v) is 17.8. The second-order valence-corrected chi connectivity index (χ2v) is 7.18. The number of aromatic nitrogens is 3. The van der Waals surface area contributed by atoms with Crippen molar-refractivity contribution in [3.63, 3.8) is 0 Å². The van der Waals surface area contributed by atoms with E-state index in [9.17, 15) is 14.9 Å². The molecule has 0 unspecified atom stereocenters. The molecule has 168 valence electrons. The fourth-order valence-corrected chi connectivity index (χ4v) is 3.26. The Hall–Kier alpha value is -5.04. The number of nitro benzene ring substituents is 1. The van der Waals surface area contributed by atoms with E-state index < -0.39 is 10.8 Å². The summed E-state index contributed by atoms with van der Waals surface area (Å²) in [5.74, 6) is 0.128. The van der Waals surface area contributed by atoms with Crippen LogP contribution in [0.25, 0.3) is 5.69 Å². The van der Waals surface area contributed by atoms with E-state index in [2.05, 4.69) is 21.5 Å². The summed E-state index contributed by atoms with van der Waals surface area (Å²) < 4.78 is 7.08. The van der Waals surface area contributed by atoms with Crippen molar-refractivity contribution in [1.82, 2.24) is 14.8 Å². The molecule has 34 heavy (non-hydrogen) atoms. The normalized spacial score (nSPS) is 10.3. The fourth-order valence-electron chi connectivity index (χ4n) is 3.26. The van der Waals surface area contributed by atoms with E-state index in [0.29, 0.717) is 17.9 Å². The number of ether oxygens (including phenoxy) is 1. The number of nitrogens with one attached hydrogen (secondary N) is 1. The maximum atomic E-state index is 12.9. The van der Waals surface area contributed by atoms with Gasteiger partial charge < -0.3 is 10.1 Å². The smallest absolute Gasteiger partial charge is 0.295 e. The summed E-state index contributed by atoms with van der Waals surface area (Å²) in [7, 11) is 0. The van der Waals surface area contributed by atoms with Crippen molar-refractivity contribution in [2.75, 3.05) is 5.32 Å². The number of carbonyl (C=O) groups excluding carboxylic acids is 1. The van der Waals surface area contributed by atoms with Crippen molar-refractivity contribution in [3.8, 4) is 17.5 Å². The van der Waals surface area contributed by atoms with Gasteiger partial charge in [0.05, 0.1) is 17.4 Å². The highest BCUT2D eigenvalue weighted by atomic mass is 16.6. The van der Waals surface area contributed by atoms with Crippen molar-refractivity contribution in [2.24, 2.45) is 0 Å². The van der Waals surface area contributed by atoms with Gasteiger partial charge in [-0.25, -0.2) is 9.67 Å². The molecule has 1 aromatic heterocycles. The van der Waals surface area contributed by atoms with E-state index in [4.69, 9.17) is 10.00 Å². The highest BCUT2D eigenvalue weighted by Crippen LogP contribution is 2.25. The van der Waals surface area contributed by atoms with E-state index in [1.54, 1.807) is 24.3 Å². The van der Waals surface area contributed by atoms with Crippen molar-refractivity contribution in [2.45, 2.75) is 13.0 Å². The first kappa shape index (κ1) is 22.2. The number of hydrogen-bond acceptors (Lipinski definition) is 7. The second-order valence-electron chi connectivity index (χ2n) is 7.18. The predicted octanol–water partition coefficient (Wildman–Crippen LogP) is 4.07. The second kappa shape index (κ2) is 10.1. The number of nitro groups is 1. The summed E-state index contributed by atoms with van der Waals surface area (Å²) in [6, 6.07) is 20.6. The number of benzene rings is 3. The molecular formula is C24H18N6O4. The van der Waals surface area contributed by atoms with Crippen LogP contribution >= 0.6 is 0 Å². The van der Waals surface area contributed by atoms with Gasteiger partial charge in [-0.2, -0.15) is 10.4 Å². The number of hydrogen-bond donors (Lipinski definition) is 1. The van der Waals surface area contributed by atoms with Gasteiger partial charge in [0.25, 0.3) is 11.6 Å². The largest absolute Gasteiger partial charge is 0.489 e. The third-order valence-corrected chi connectivity index (χ3v) is 4.97. The van der Waals surface area contributed by atoms with Crippen LogP contribution in [0.1, 0.15) is 21.5 Å². The molecule has 0 aliphatic carbocycles. The number of rotatable bonds is 8. The molecule has 10 nitrogen and oxygen atoms in total. The Bertz CT molecular complexity index is 1360. The van der Waals surface area contributed by atoms with Gasteiger partial charge in [0.2, 0.25) is 0 Å². The van der Waals surface area contributed by atoms with Crippen LogP contribution in [0, 0.1) is 21.4 Å². The Morgan fingerprint density at radius 2 is 1.94 bits per heavy atom. The molecule has 4 rings (SSSR count). The zero-order chi connectivity index (χ0) is 23.9. The lowest BCUT2D eigenvalue weighted by Gasteiger charge is -2.13. The summed E-state index contributed by atoms with van der Waals surface area (Å²) in [6.07, 6.45) is 2.94. The molecule has 0 fully saturated rings. The molecular weight excluding hydrogens is 436 g/mol. The predicted molar refractivity (Wildman–Crippen MR) is 122 cm³/mol. The number of para-hydroxylation sites is 1. The molecule has 1 amide bonds. The van der Waals surface area contributed by atoms with Gasteiger partial charge in [0, 0.05) is 22.9 Å². The molecule has 0 bridgehead atoms. The molecule has 3 aromatic carbocycles. The molecule has 0 saturated heterocycles. The SMILES string of the molecule is N#CCc1ccc(OCc2ccccc2NC(=O)c2ccc(-n3cncn3)c([N+](=O)[O-])c2)cc1. The summed E-state index contributed by atoms with van der Waals surface area (Å²) >= 11 is 0. The van der Waals surface area contributed by atoms with Gasteiger partial charge in [0.15, 0.2) is 0 Å². The molecule has 0 saturated carbocycles. The van der Waals surface area contributed by atoms with Gasteiger partial charge >= 0.3 is 0 Å². The number of nitriles is 1. The molecule has 1 heterocycles. The summed E-state index contributed by atoms with van der Waals surface area (Å²) in [5, 5.41) is 27.0. The van der Waals surface area contributed by atoms with Crippen molar-refractivity contribution in [1.29, 1.82) is 5.26 Å². The highest BCUT2D eigenvalue weighted by Gasteiger charge is 2.20. The summed E-state index contributed by atoms with van der Waals surface area (Å²) in [5.41, 5.74) is 2.20. The average Bonchev–Trinajstić information content (AvgIpc) is 3.39. The molecule has 10 heteroatoms. The average molecular weight is 454 g/mol. The topological polar surface area (TPSA) is 136 Å². The number of carbonyl (C=O) groups is 1.